The van der Waals surface area contributed by atoms with Gasteiger partial charge in [0.05, 0.1) is 17.8 Å². The Hall–Kier alpha value is -3.58. The Morgan fingerprint density at radius 1 is 0.966 bits per heavy atom. The molecule has 29 heavy (non-hydrogen) atoms. The van der Waals surface area contributed by atoms with E-state index in [0.29, 0.717) is 15.7 Å². The quantitative estimate of drug-likeness (QED) is 0.485. The molecule has 0 saturated heterocycles. The zero-order valence-electron chi connectivity index (χ0n) is 15.6. The van der Waals surface area contributed by atoms with Gasteiger partial charge >= 0.3 is 5.97 Å². The van der Waals surface area contributed by atoms with Gasteiger partial charge in [-0.25, -0.2) is 14.8 Å². The number of nitrogens with zero attached hydrogens (tertiary/aromatic N) is 2. The Kier molecular flexibility index (Phi) is 5.31. The van der Waals surface area contributed by atoms with Gasteiger partial charge in [-0.15, -0.1) is 0 Å². The summed E-state index contributed by atoms with van der Waals surface area (Å²) < 4.78 is 5.15. The predicted molar refractivity (Wildman–Crippen MR) is 113 cm³/mol. The molecule has 0 aliphatic rings. The van der Waals surface area contributed by atoms with Crippen LogP contribution >= 0.6 is 11.3 Å². The number of anilines is 1. The number of carbonyl (C=O) groups is 2. The molecule has 2 aromatic heterocycles. The summed E-state index contributed by atoms with van der Waals surface area (Å²) in [7, 11) is 0. The van der Waals surface area contributed by atoms with Crippen LogP contribution in [0.5, 0.6) is 0 Å². The number of amides is 1. The number of pyridine rings is 1. The summed E-state index contributed by atoms with van der Waals surface area (Å²) in [5, 5.41) is 4.01. The number of para-hydroxylation sites is 1. The van der Waals surface area contributed by atoms with Crippen molar-refractivity contribution >= 4 is 39.2 Å². The number of esters is 1. The van der Waals surface area contributed by atoms with Crippen molar-refractivity contribution in [3.05, 3.63) is 77.3 Å². The van der Waals surface area contributed by atoms with E-state index in [0.717, 1.165) is 27.8 Å². The Labute approximate surface area is 171 Å². The highest BCUT2D eigenvalue weighted by Gasteiger charge is 2.22. The molecule has 0 aliphatic carbocycles. The topological polar surface area (TPSA) is 81.2 Å². The third-order valence-corrected chi connectivity index (χ3v) is 5.14. The molecule has 2 aromatic carbocycles. The minimum absolute atomic E-state index is 0.258. The maximum Gasteiger partial charge on any atom is 0.350 e. The van der Waals surface area contributed by atoms with E-state index in [1.807, 2.05) is 60.7 Å². The summed E-state index contributed by atoms with van der Waals surface area (Å²) >= 11 is 1.08. The van der Waals surface area contributed by atoms with E-state index in [9.17, 15) is 9.59 Å². The van der Waals surface area contributed by atoms with Crippen LogP contribution in [0.3, 0.4) is 0 Å². The third kappa shape index (κ3) is 4.00. The summed E-state index contributed by atoms with van der Waals surface area (Å²) in [6.45, 7) is 2.00. The maximum absolute atomic E-state index is 12.7. The second-order valence-electron chi connectivity index (χ2n) is 6.13. The van der Waals surface area contributed by atoms with Crippen molar-refractivity contribution in [1.82, 2.24) is 9.97 Å². The average Bonchev–Trinajstić information content (AvgIpc) is 3.18. The summed E-state index contributed by atoms with van der Waals surface area (Å²) in [5.74, 6) is -0.854. The first-order valence-corrected chi connectivity index (χ1v) is 9.88. The maximum atomic E-state index is 12.7. The number of aromatic nitrogens is 2. The van der Waals surface area contributed by atoms with Crippen molar-refractivity contribution in [2.24, 2.45) is 0 Å². The number of hydrogen-bond donors (Lipinski definition) is 1. The SMILES string of the molecule is CCOC(=O)c1sc(NC(=O)c2ccc3ccccc3n2)nc1-c1ccccc1. The lowest BCUT2D eigenvalue weighted by molar-refractivity contribution is 0.0532. The fourth-order valence-electron chi connectivity index (χ4n) is 2.85. The van der Waals surface area contributed by atoms with Gasteiger partial charge < -0.3 is 4.74 Å². The van der Waals surface area contributed by atoms with Crippen molar-refractivity contribution in [3.8, 4) is 11.3 Å². The Balaban J connectivity index is 1.65. The van der Waals surface area contributed by atoms with Gasteiger partial charge in [-0.3, -0.25) is 10.1 Å². The molecule has 0 spiro atoms. The van der Waals surface area contributed by atoms with Crippen LogP contribution < -0.4 is 5.32 Å². The van der Waals surface area contributed by atoms with Crippen LogP contribution in [-0.2, 0) is 4.74 Å². The molecule has 0 unspecified atom stereocenters. The predicted octanol–water partition coefficient (Wildman–Crippen LogP) is 4.79. The summed E-state index contributed by atoms with van der Waals surface area (Å²) in [6.07, 6.45) is 0. The lowest BCUT2D eigenvalue weighted by Gasteiger charge is -2.03. The van der Waals surface area contributed by atoms with Gasteiger partial charge in [-0.1, -0.05) is 65.9 Å². The molecule has 0 bridgehead atoms. The Morgan fingerprint density at radius 3 is 2.52 bits per heavy atom. The summed E-state index contributed by atoms with van der Waals surface area (Å²) in [6, 6.07) is 20.4. The molecule has 4 aromatic rings. The minimum Gasteiger partial charge on any atom is -0.462 e. The highest BCUT2D eigenvalue weighted by atomic mass is 32.1. The van der Waals surface area contributed by atoms with Crippen LogP contribution in [-0.4, -0.2) is 28.5 Å². The fraction of sp³-hybridized carbons (Fsp3) is 0.0909. The second-order valence-corrected chi connectivity index (χ2v) is 7.13. The molecule has 4 rings (SSSR count). The third-order valence-electron chi connectivity index (χ3n) is 4.19. The van der Waals surface area contributed by atoms with Crippen molar-refractivity contribution in [3.63, 3.8) is 0 Å². The largest absolute Gasteiger partial charge is 0.462 e. The van der Waals surface area contributed by atoms with Crippen LogP contribution in [0.15, 0.2) is 66.7 Å². The first-order chi connectivity index (χ1) is 14.2. The van der Waals surface area contributed by atoms with Crippen LogP contribution in [0, 0.1) is 0 Å². The first kappa shape index (κ1) is 18.8. The van der Waals surface area contributed by atoms with E-state index in [2.05, 4.69) is 15.3 Å². The number of ether oxygens (including phenoxy) is 1. The van der Waals surface area contributed by atoms with Crippen molar-refractivity contribution in [2.75, 3.05) is 11.9 Å². The molecular weight excluding hydrogens is 386 g/mol. The van der Waals surface area contributed by atoms with E-state index in [1.54, 1.807) is 13.0 Å². The van der Waals surface area contributed by atoms with Crippen molar-refractivity contribution in [1.29, 1.82) is 0 Å². The zero-order valence-corrected chi connectivity index (χ0v) is 16.4. The lowest BCUT2D eigenvalue weighted by atomic mass is 10.1. The van der Waals surface area contributed by atoms with Gasteiger partial charge in [0, 0.05) is 10.9 Å². The number of nitrogens with one attached hydrogen (secondary N) is 1. The monoisotopic (exact) mass is 403 g/mol. The molecule has 144 valence electrons. The smallest absolute Gasteiger partial charge is 0.350 e. The van der Waals surface area contributed by atoms with Crippen molar-refractivity contribution in [2.45, 2.75) is 6.92 Å². The molecule has 0 aliphatic heterocycles. The molecule has 2 heterocycles. The molecular formula is C22H17N3O3S. The number of rotatable bonds is 5. The van der Waals surface area contributed by atoms with E-state index in [4.69, 9.17) is 4.74 Å². The standard InChI is InChI=1S/C22H17N3O3S/c1-2-28-21(27)19-18(15-9-4-3-5-10-15)24-22(29-19)25-20(26)17-13-12-14-8-6-7-11-16(14)23-17/h3-13H,2H2,1H3,(H,24,25,26). The lowest BCUT2D eigenvalue weighted by Crippen LogP contribution is -2.13. The Bertz CT molecular complexity index is 1190. The number of fused-ring (bicyclic) bond motifs is 1. The van der Waals surface area contributed by atoms with Crippen LogP contribution in [0.4, 0.5) is 5.13 Å². The van der Waals surface area contributed by atoms with Gasteiger partial charge in [0.25, 0.3) is 5.91 Å². The molecule has 0 radical (unpaired) electrons. The zero-order chi connectivity index (χ0) is 20.2. The fourth-order valence-corrected chi connectivity index (χ4v) is 3.73. The molecule has 0 saturated carbocycles. The van der Waals surface area contributed by atoms with E-state index in [1.165, 1.54) is 0 Å². The molecule has 1 N–H and O–H groups in total. The molecule has 6 nitrogen and oxygen atoms in total. The average molecular weight is 403 g/mol. The highest BCUT2D eigenvalue weighted by Crippen LogP contribution is 2.32. The van der Waals surface area contributed by atoms with Crippen LogP contribution in [0.2, 0.25) is 0 Å². The molecule has 0 fully saturated rings. The van der Waals surface area contributed by atoms with Crippen LogP contribution in [0.1, 0.15) is 27.1 Å². The Morgan fingerprint density at radius 2 is 1.72 bits per heavy atom. The van der Waals surface area contributed by atoms with E-state index < -0.39 is 5.97 Å². The van der Waals surface area contributed by atoms with Gasteiger partial charge in [-0.05, 0) is 19.1 Å². The molecule has 0 atom stereocenters. The normalized spacial score (nSPS) is 10.7. The van der Waals surface area contributed by atoms with Gasteiger partial charge in [0.1, 0.15) is 10.6 Å². The number of carbonyl (C=O) groups excluding carboxylic acids is 2. The summed E-state index contributed by atoms with van der Waals surface area (Å²) in [4.78, 5) is 34.3. The van der Waals surface area contributed by atoms with Gasteiger partial charge in [0.15, 0.2) is 5.13 Å². The second kappa shape index (κ2) is 8.20. The van der Waals surface area contributed by atoms with E-state index >= 15 is 0 Å². The summed E-state index contributed by atoms with van der Waals surface area (Å²) in [5.41, 5.74) is 2.27. The number of thiazole rings is 1. The minimum atomic E-state index is -0.465. The van der Waals surface area contributed by atoms with Gasteiger partial charge in [-0.2, -0.15) is 0 Å². The van der Waals surface area contributed by atoms with Crippen LogP contribution in [0.25, 0.3) is 22.2 Å². The van der Waals surface area contributed by atoms with Gasteiger partial charge in [0.2, 0.25) is 0 Å². The molecule has 7 heteroatoms. The number of benzene rings is 2. The van der Waals surface area contributed by atoms with E-state index in [-0.39, 0.29) is 18.2 Å². The first-order valence-electron chi connectivity index (χ1n) is 9.06. The molecule has 1 amide bonds. The van der Waals surface area contributed by atoms with Crippen molar-refractivity contribution < 1.29 is 14.3 Å². The number of hydrogen-bond acceptors (Lipinski definition) is 6. The highest BCUT2D eigenvalue weighted by molar-refractivity contribution is 7.18.